The van der Waals surface area contributed by atoms with Gasteiger partial charge in [-0.15, -0.1) is 0 Å². The molecule has 0 aromatic heterocycles. The van der Waals surface area contributed by atoms with Crippen molar-refractivity contribution in [3.63, 3.8) is 0 Å². The molecule has 1 aromatic rings. The van der Waals surface area contributed by atoms with E-state index in [0.29, 0.717) is 24.3 Å². The van der Waals surface area contributed by atoms with Gasteiger partial charge in [0.2, 0.25) is 18.2 Å². The number of benzene rings is 1. The lowest BCUT2D eigenvalue weighted by Crippen LogP contribution is -2.56. The maximum absolute atomic E-state index is 13.1. The summed E-state index contributed by atoms with van der Waals surface area (Å²) in [6.07, 6.45) is 2.26. The molecule has 0 heterocycles. The monoisotopic (exact) mass is 405 g/mol. The quantitative estimate of drug-likeness (QED) is 0.355. The van der Waals surface area contributed by atoms with Crippen LogP contribution in [0.3, 0.4) is 0 Å². The Kier molecular flexibility index (Phi) is 9.30. The molecule has 1 aromatic carbocycles. The van der Waals surface area contributed by atoms with Gasteiger partial charge in [0.25, 0.3) is 0 Å². The van der Waals surface area contributed by atoms with Crippen molar-refractivity contribution in [3.8, 4) is 0 Å². The Hall–Kier alpha value is -2.41. The number of aryl methyl sites for hydroxylation is 1. The highest BCUT2D eigenvalue weighted by molar-refractivity contribution is 5.89. The van der Waals surface area contributed by atoms with E-state index in [-0.39, 0.29) is 11.8 Å². The zero-order chi connectivity index (χ0) is 22.2. The van der Waals surface area contributed by atoms with Crippen molar-refractivity contribution in [3.05, 3.63) is 35.9 Å². The summed E-state index contributed by atoms with van der Waals surface area (Å²) in [5.41, 5.74) is 0.671. The average molecular weight is 406 g/mol. The minimum Gasteiger partial charge on any atom is -0.347 e. The molecule has 0 aliphatic rings. The first kappa shape index (κ1) is 24.6. The molecule has 0 spiro atoms. The van der Waals surface area contributed by atoms with Crippen LogP contribution in [0.4, 0.5) is 0 Å². The molecule has 3 amide bonds. The number of hydrogen-bond acceptors (Lipinski definition) is 4. The van der Waals surface area contributed by atoms with Crippen molar-refractivity contribution in [1.82, 2.24) is 15.3 Å². The number of carbonyl (C=O) groups is 3. The molecule has 7 nitrogen and oxygen atoms in total. The minimum absolute atomic E-state index is 0.196. The lowest BCUT2D eigenvalue weighted by atomic mass is 9.84. The SMILES string of the molecule is CC(C(CCCc1ccccc1)C(=O)NC(C(=O)N(C)C)C(C)(C)C)N(O)C=O. The summed E-state index contributed by atoms with van der Waals surface area (Å²) >= 11 is 0. The summed E-state index contributed by atoms with van der Waals surface area (Å²) in [6.45, 7) is 7.28. The Morgan fingerprint density at radius 3 is 2.24 bits per heavy atom. The topological polar surface area (TPSA) is 90.0 Å². The zero-order valence-electron chi connectivity index (χ0n) is 18.4. The highest BCUT2D eigenvalue weighted by Gasteiger charge is 2.37. The first-order valence-electron chi connectivity index (χ1n) is 9.97. The number of nitrogens with zero attached hydrogens (tertiary/aromatic N) is 2. The predicted molar refractivity (Wildman–Crippen MR) is 112 cm³/mol. The Morgan fingerprint density at radius 1 is 1.17 bits per heavy atom. The van der Waals surface area contributed by atoms with Crippen molar-refractivity contribution in [1.29, 1.82) is 0 Å². The van der Waals surface area contributed by atoms with E-state index in [1.807, 2.05) is 51.1 Å². The van der Waals surface area contributed by atoms with Crippen LogP contribution in [-0.2, 0) is 20.8 Å². The van der Waals surface area contributed by atoms with E-state index < -0.39 is 23.4 Å². The van der Waals surface area contributed by atoms with Crippen LogP contribution in [0.25, 0.3) is 0 Å². The summed E-state index contributed by atoms with van der Waals surface area (Å²) in [5.74, 6) is -1.19. The van der Waals surface area contributed by atoms with E-state index in [1.165, 1.54) is 4.90 Å². The Balaban J connectivity index is 2.95. The van der Waals surface area contributed by atoms with Gasteiger partial charge in [-0.2, -0.15) is 0 Å². The summed E-state index contributed by atoms with van der Waals surface area (Å²) < 4.78 is 0. The van der Waals surface area contributed by atoms with E-state index in [2.05, 4.69) is 5.32 Å². The van der Waals surface area contributed by atoms with E-state index in [9.17, 15) is 19.6 Å². The van der Waals surface area contributed by atoms with Gasteiger partial charge < -0.3 is 10.2 Å². The molecule has 1 rings (SSSR count). The molecular weight excluding hydrogens is 370 g/mol. The van der Waals surface area contributed by atoms with Crippen molar-refractivity contribution >= 4 is 18.2 Å². The lowest BCUT2D eigenvalue weighted by molar-refractivity contribution is -0.166. The maximum Gasteiger partial charge on any atom is 0.245 e. The highest BCUT2D eigenvalue weighted by Crippen LogP contribution is 2.23. The van der Waals surface area contributed by atoms with Crippen LogP contribution in [0.5, 0.6) is 0 Å². The Bertz CT molecular complexity index is 670. The van der Waals surface area contributed by atoms with Gasteiger partial charge in [-0.3, -0.25) is 19.6 Å². The molecule has 0 fully saturated rings. The largest absolute Gasteiger partial charge is 0.347 e. The Labute approximate surface area is 174 Å². The van der Waals surface area contributed by atoms with Crippen molar-refractivity contribution in [2.24, 2.45) is 11.3 Å². The summed E-state index contributed by atoms with van der Waals surface area (Å²) in [4.78, 5) is 38.2. The molecule has 0 saturated heterocycles. The Morgan fingerprint density at radius 2 is 1.76 bits per heavy atom. The molecule has 7 heteroatoms. The smallest absolute Gasteiger partial charge is 0.245 e. The summed E-state index contributed by atoms with van der Waals surface area (Å²) in [6, 6.07) is 8.50. The van der Waals surface area contributed by atoms with Gasteiger partial charge in [0.1, 0.15) is 6.04 Å². The van der Waals surface area contributed by atoms with E-state index in [0.717, 1.165) is 12.0 Å². The molecule has 3 atom stereocenters. The molecule has 0 radical (unpaired) electrons. The van der Waals surface area contributed by atoms with Gasteiger partial charge in [-0.25, -0.2) is 5.06 Å². The predicted octanol–water partition coefficient (Wildman–Crippen LogP) is 2.48. The standard InChI is InChI=1S/C22H35N3O4/c1-16(25(29)15-26)18(14-10-13-17-11-8-7-9-12-17)20(27)23-19(22(2,3)4)21(28)24(5)6/h7-9,11-12,15-16,18-19,29H,10,13-14H2,1-6H3,(H,23,27). The third kappa shape index (κ3) is 7.49. The third-order valence-electron chi connectivity index (χ3n) is 5.11. The molecule has 162 valence electrons. The van der Waals surface area contributed by atoms with Gasteiger partial charge >= 0.3 is 0 Å². The summed E-state index contributed by atoms with van der Waals surface area (Å²) in [7, 11) is 3.30. The number of likely N-dealkylation sites (N-methyl/N-ethyl adjacent to an activating group) is 1. The maximum atomic E-state index is 13.1. The van der Waals surface area contributed by atoms with Crippen LogP contribution in [0, 0.1) is 11.3 Å². The number of hydroxylamine groups is 2. The number of amides is 3. The van der Waals surface area contributed by atoms with E-state index in [1.54, 1.807) is 21.0 Å². The summed E-state index contributed by atoms with van der Waals surface area (Å²) in [5, 5.41) is 13.2. The first-order chi connectivity index (χ1) is 13.5. The molecule has 0 aliphatic heterocycles. The van der Waals surface area contributed by atoms with Crippen LogP contribution < -0.4 is 5.32 Å². The normalized spacial score (nSPS) is 14.4. The van der Waals surface area contributed by atoms with Crippen LogP contribution in [0.1, 0.15) is 46.1 Å². The van der Waals surface area contributed by atoms with Crippen molar-refractivity contribution in [2.75, 3.05) is 14.1 Å². The van der Waals surface area contributed by atoms with Gasteiger partial charge in [0, 0.05) is 14.1 Å². The fourth-order valence-corrected chi connectivity index (χ4v) is 3.20. The van der Waals surface area contributed by atoms with Gasteiger partial charge in [0.05, 0.1) is 12.0 Å². The van der Waals surface area contributed by atoms with Crippen molar-refractivity contribution < 1.29 is 19.6 Å². The second-order valence-electron chi connectivity index (χ2n) is 8.75. The molecule has 29 heavy (non-hydrogen) atoms. The molecular formula is C22H35N3O4. The highest BCUT2D eigenvalue weighted by atomic mass is 16.5. The van der Waals surface area contributed by atoms with E-state index in [4.69, 9.17) is 0 Å². The second kappa shape index (κ2) is 11.0. The lowest BCUT2D eigenvalue weighted by Gasteiger charge is -2.35. The number of carbonyl (C=O) groups excluding carboxylic acids is 3. The van der Waals surface area contributed by atoms with E-state index >= 15 is 0 Å². The molecule has 0 bridgehead atoms. The average Bonchev–Trinajstić information content (AvgIpc) is 2.67. The molecule has 0 aliphatic carbocycles. The first-order valence-corrected chi connectivity index (χ1v) is 9.97. The minimum atomic E-state index is -0.711. The number of rotatable bonds is 10. The van der Waals surface area contributed by atoms with Gasteiger partial charge in [-0.1, -0.05) is 51.1 Å². The zero-order valence-corrected chi connectivity index (χ0v) is 18.4. The molecule has 2 N–H and O–H groups in total. The molecule has 3 unspecified atom stereocenters. The number of nitrogens with one attached hydrogen (secondary N) is 1. The van der Waals surface area contributed by atoms with Crippen LogP contribution in [0.2, 0.25) is 0 Å². The van der Waals surface area contributed by atoms with Crippen molar-refractivity contribution in [2.45, 2.75) is 59.0 Å². The van der Waals surface area contributed by atoms with Gasteiger partial charge in [-0.05, 0) is 37.2 Å². The van der Waals surface area contributed by atoms with Crippen LogP contribution in [0.15, 0.2) is 30.3 Å². The second-order valence-corrected chi connectivity index (χ2v) is 8.75. The van der Waals surface area contributed by atoms with Gasteiger partial charge in [0.15, 0.2) is 0 Å². The third-order valence-corrected chi connectivity index (χ3v) is 5.11. The van der Waals surface area contributed by atoms with Crippen LogP contribution >= 0.6 is 0 Å². The fraction of sp³-hybridized carbons (Fsp3) is 0.591. The van der Waals surface area contributed by atoms with Crippen LogP contribution in [-0.4, -0.2) is 59.6 Å². The fourth-order valence-electron chi connectivity index (χ4n) is 3.20. The molecule has 0 saturated carbocycles. The number of hydrogen-bond donors (Lipinski definition) is 2.